The number of rotatable bonds is 3. The summed E-state index contributed by atoms with van der Waals surface area (Å²) in [6.07, 6.45) is -6.30. The summed E-state index contributed by atoms with van der Waals surface area (Å²) in [6, 6.07) is 8.38. The molecule has 0 saturated heterocycles. The number of alkyl halides is 3. The van der Waals surface area contributed by atoms with E-state index in [1.54, 1.807) is 35.6 Å². The Morgan fingerprint density at radius 2 is 1.95 bits per heavy atom. The summed E-state index contributed by atoms with van der Waals surface area (Å²) in [7, 11) is 0. The molecular formula is C10H10F3N3O4S. The number of nitrogens with zero attached hydrogens (tertiary/aromatic N) is 1. The number of carbonyl (C=O) groups is 1. The Labute approximate surface area is 119 Å². The van der Waals surface area contributed by atoms with Crippen molar-refractivity contribution in [3.63, 3.8) is 0 Å². The van der Waals surface area contributed by atoms with Gasteiger partial charge in [0.25, 0.3) is 11.3 Å². The van der Waals surface area contributed by atoms with Gasteiger partial charge in [0.15, 0.2) is 0 Å². The molecule has 7 nitrogen and oxygen atoms in total. The molecule has 1 rings (SSSR count). The molecule has 0 bridgehead atoms. The Morgan fingerprint density at radius 3 is 2.48 bits per heavy atom. The molecule has 1 unspecified atom stereocenters. The van der Waals surface area contributed by atoms with Gasteiger partial charge < -0.3 is 4.74 Å². The van der Waals surface area contributed by atoms with Crippen LogP contribution in [-0.2, 0) is 22.6 Å². The lowest BCUT2D eigenvalue weighted by molar-refractivity contribution is -0.119. The number of alkyl carbamates (subject to hydrolysis) is 1. The van der Waals surface area contributed by atoms with E-state index in [-0.39, 0.29) is 6.61 Å². The maximum absolute atomic E-state index is 12.1. The number of hydrogen-bond acceptors (Lipinski definition) is 4. The minimum atomic E-state index is -5.03. The third kappa shape index (κ3) is 7.89. The topological polar surface area (TPSA) is 100 Å². The zero-order valence-electron chi connectivity index (χ0n) is 10.3. The third-order valence-corrected chi connectivity index (χ3v) is 2.22. The van der Waals surface area contributed by atoms with Gasteiger partial charge in [-0.1, -0.05) is 30.3 Å². The Kier molecular flexibility index (Phi) is 6.11. The molecule has 11 heteroatoms. The van der Waals surface area contributed by atoms with Crippen LogP contribution in [0.2, 0.25) is 0 Å². The molecule has 0 heterocycles. The van der Waals surface area contributed by atoms with Crippen LogP contribution in [0.3, 0.4) is 0 Å². The average Bonchev–Trinajstić information content (AvgIpc) is 2.34. The van der Waals surface area contributed by atoms with Gasteiger partial charge in [0.05, 0.1) is 0 Å². The normalized spacial score (nSPS) is 13.4. The van der Waals surface area contributed by atoms with E-state index in [4.69, 9.17) is 4.55 Å². The standard InChI is InChI=1S/C10H10F3N3O4S/c11-10(12,13)15-8(16-21(18)19)14-9(17)20-6-7-4-2-1-3-5-7/h1-5H,6H2,(H,18,19)(H2,14,15,16,17). The molecule has 0 radical (unpaired) electrons. The highest BCUT2D eigenvalue weighted by Gasteiger charge is 2.28. The molecule has 1 amide bonds. The molecule has 0 aromatic heterocycles. The van der Waals surface area contributed by atoms with E-state index in [1.807, 2.05) is 0 Å². The first-order valence-electron chi connectivity index (χ1n) is 5.28. The van der Waals surface area contributed by atoms with Crippen LogP contribution in [0.1, 0.15) is 5.56 Å². The predicted octanol–water partition coefficient (Wildman–Crippen LogP) is 1.51. The van der Waals surface area contributed by atoms with Gasteiger partial charge in [-0.2, -0.15) is 0 Å². The van der Waals surface area contributed by atoms with E-state index in [0.29, 0.717) is 5.56 Å². The maximum Gasteiger partial charge on any atom is 0.506 e. The average molecular weight is 325 g/mol. The summed E-state index contributed by atoms with van der Waals surface area (Å²) in [5, 5.41) is 1.58. The van der Waals surface area contributed by atoms with Crippen LogP contribution in [0.5, 0.6) is 0 Å². The smallest absolute Gasteiger partial charge is 0.444 e. The molecule has 1 aromatic rings. The predicted molar refractivity (Wildman–Crippen MR) is 67.2 cm³/mol. The highest BCUT2D eigenvalue weighted by Crippen LogP contribution is 2.15. The minimum Gasteiger partial charge on any atom is -0.444 e. The van der Waals surface area contributed by atoms with Gasteiger partial charge in [-0.3, -0.25) is 14.6 Å². The van der Waals surface area contributed by atoms with Crippen molar-refractivity contribution < 1.29 is 31.5 Å². The molecule has 1 aromatic carbocycles. The van der Waals surface area contributed by atoms with Crippen molar-refractivity contribution in [1.29, 1.82) is 0 Å². The lowest BCUT2D eigenvalue weighted by Crippen LogP contribution is -2.43. The van der Waals surface area contributed by atoms with E-state index < -0.39 is 29.6 Å². The van der Waals surface area contributed by atoms with Crippen LogP contribution >= 0.6 is 0 Å². The Balaban J connectivity index is 2.60. The third-order valence-electron chi connectivity index (χ3n) is 1.86. The minimum absolute atomic E-state index is 0.186. The number of guanidine groups is 1. The van der Waals surface area contributed by atoms with Gasteiger partial charge in [-0.15, -0.1) is 18.2 Å². The second-order valence-corrected chi connectivity index (χ2v) is 4.17. The number of hydrogen-bond donors (Lipinski definition) is 3. The summed E-state index contributed by atoms with van der Waals surface area (Å²) < 4.78 is 61.1. The first-order valence-corrected chi connectivity index (χ1v) is 6.39. The van der Waals surface area contributed by atoms with Gasteiger partial charge >= 0.3 is 12.4 Å². The molecule has 0 spiro atoms. The molecule has 1 atom stereocenters. The Bertz CT molecular complexity index is 536. The largest absolute Gasteiger partial charge is 0.506 e. The summed E-state index contributed by atoms with van der Waals surface area (Å²) >= 11 is -2.84. The van der Waals surface area contributed by atoms with Crippen molar-refractivity contribution in [2.75, 3.05) is 0 Å². The SMILES string of the molecule is O=C(NC(=NC(F)(F)F)NS(=O)O)OCc1ccccc1. The van der Waals surface area contributed by atoms with Crippen molar-refractivity contribution in [2.45, 2.75) is 12.9 Å². The number of amides is 1. The fourth-order valence-electron chi connectivity index (χ4n) is 1.14. The maximum atomic E-state index is 12.1. The fraction of sp³-hybridized carbons (Fsp3) is 0.200. The van der Waals surface area contributed by atoms with Crippen molar-refractivity contribution >= 4 is 23.3 Å². The lowest BCUT2D eigenvalue weighted by atomic mass is 10.2. The van der Waals surface area contributed by atoms with Crippen molar-refractivity contribution in [2.24, 2.45) is 4.99 Å². The lowest BCUT2D eigenvalue weighted by Gasteiger charge is -2.10. The van der Waals surface area contributed by atoms with Gasteiger partial charge in [0, 0.05) is 0 Å². The van der Waals surface area contributed by atoms with Gasteiger partial charge in [-0.05, 0) is 5.56 Å². The summed E-state index contributed by atoms with van der Waals surface area (Å²) in [6.45, 7) is -0.186. The highest BCUT2D eigenvalue weighted by atomic mass is 32.2. The monoisotopic (exact) mass is 325 g/mol. The molecule has 0 fully saturated rings. The molecule has 3 N–H and O–H groups in total. The van der Waals surface area contributed by atoms with Crippen LogP contribution in [0.25, 0.3) is 0 Å². The van der Waals surface area contributed by atoms with Gasteiger partial charge in [0.2, 0.25) is 5.96 Å². The van der Waals surface area contributed by atoms with Crippen molar-refractivity contribution in [3.05, 3.63) is 35.9 Å². The summed E-state index contributed by atoms with van der Waals surface area (Å²) in [5.74, 6) is -1.25. The molecule has 0 saturated carbocycles. The number of carbonyl (C=O) groups excluding carboxylic acids is 1. The van der Waals surface area contributed by atoms with Crippen LogP contribution in [-0.4, -0.2) is 27.1 Å². The number of benzene rings is 1. The number of halogens is 3. The van der Waals surface area contributed by atoms with Gasteiger partial charge in [0.1, 0.15) is 6.61 Å². The van der Waals surface area contributed by atoms with Crippen LogP contribution < -0.4 is 10.0 Å². The van der Waals surface area contributed by atoms with E-state index in [0.717, 1.165) is 0 Å². The number of nitrogens with one attached hydrogen (secondary N) is 2. The quantitative estimate of drug-likeness (QED) is 0.339. The molecule has 116 valence electrons. The molecule has 0 aliphatic carbocycles. The van der Waals surface area contributed by atoms with Crippen LogP contribution in [0.4, 0.5) is 18.0 Å². The number of aliphatic imine (C=N–C) groups is 1. The zero-order chi connectivity index (χ0) is 15.9. The molecular weight excluding hydrogens is 315 g/mol. The second-order valence-electron chi connectivity index (χ2n) is 3.47. The zero-order valence-corrected chi connectivity index (χ0v) is 11.1. The van der Waals surface area contributed by atoms with E-state index in [1.165, 1.54) is 4.72 Å². The molecule has 21 heavy (non-hydrogen) atoms. The first kappa shape index (κ1) is 16.9. The Morgan fingerprint density at radius 1 is 1.33 bits per heavy atom. The summed E-state index contributed by atoms with van der Waals surface area (Å²) in [4.78, 5) is 13.4. The fourth-order valence-corrected chi connectivity index (χ4v) is 1.40. The highest BCUT2D eigenvalue weighted by molar-refractivity contribution is 7.77. The van der Waals surface area contributed by atoms with Crippen LogP contribution in [0, 0.1) is 0 Å². The van der Waals surface area contributed by atoms with Crippen molar-refractivity contribution in [3.8, 4) is 0 Å². The van der Waals surface area contributed by atoms with E-state index in [2.05, 4.69) is 9.73 Å². The summed E-state index contributed by atoms with van der Waals surface area (Å²) in [5.41, 5.74) is 0.612. The van der Waals surface area contributed by atoms with Crippen molar-refractivity contribution in [1.82, 2.24) is 10.0 Å². The second kappa shape index (κ2) is 7.59. The molecule has 0 aliphatic rings. The van der Waals surface area contributed by atoms with E-state index >= 15 is 0 Å². The number of ether oxygens (including phenoxy) is 1. The van der Waals surface area contributed by atoms with Crippen LogP contribution in [0.15, 0.2) is 35.3 Å². The van der Waals surface area contributed by atoms with E-state index in [9.17, 15) is 22.2 Å². The Hall–Kier alpha value is -2.14. The first-order chi connectivity index (χ1) is 9.76. The molecule has 0 aliphatic heterocycles. The van der Waals surface area contributed by atoms with Gasteiger partial charge in [-0.25, -0.2) is 9.00 Å².